The Bertz CT molecular complexity index is 385. The van der Waals surface area contributed by atoms with Crippen LogP contribution < -0.4 is 5.32 Å². The van der Waals surface area contributed by atoms with Crippen molar-refractivity contribution in [3.63, 3.8) is 0 Å². The van der Waals surface area contributed by atoms with Gasteiger partial charge in [0.2, 0.25) is 0 Å². The van der Waals surface area contributed by atoms with Gasteiger partial charge in [-0.1, -0.05) is 37.3 Å². The maximum absolute atomic E-state index is 12.1. The number of benzene rings is 1. The van der Waals surface area contributed by atoms with E-state index in [1.54, 1.807) is 0 Å². The van der Waals surface area contributed by atoms with E-state index >= 15 is 0 Å². The quantitative estimate of drug-likeness (QED) is 0.797. The Morgan fingerprint density at radius 1 is 1.26 bits per heavy atom. The lowest BCUT2D eigenvalue weighted by molar-refractivity contribution is 0.0942. The topological polar surface area (TPSA) is 32.3 Å². The average molecular weight is 260 g/mol. The van der Waals surface area contributed by atoms with Crippen LogP contribution in [-0.4, -0.2) is 42.9 Å². The highest BCUT2D eigenvalue weighted by Gasteiger charge is 2.20. The third kappa shape index (κ3) is 4.15. The number of nitrogens with one attached hydrogen (secondary N) is 1. The van der Waals surface area contributed by atoms with E-state index < -0.39 is 0 Å². The molecular weight excluding hydrogens is 236 g/mol. The number of hydrogen-bond acceptors (Lipinski definition) is 3. The number of hydrogen-bond donors (Lipinski definition) is 1. The second-order valence-corrected chi connectivity index (χ2v) is 5.15. The number of carbonyl (C=O) groups excluding carboxylic acids is 1. The first-order valence-corrected chi connectivity index (χ1v) is 7.34. The molecule has 1 aliphatic heterocycles. The van der Waals surface area contributed by atoms with Crippen LogP contribution in [0.4, 0.5) is 0 Å². The Morgan fingerprint density at radius 2 is 1.95 bits per heavy atom. The minimum atomic E-state index is 0.257. The average Bonchev–Trinajstić information content (AvgIpc) is 2.49. The van der Waals surface area contributed by atoms with E-state index in [0.717, 1.165) is 31.7 Å². The molecule has 1 aromatic carbocycles. The molecule has 0 aromatic heterocycles. The summed E-state index contributed by atoms with van der Waals surface area (Å²) in [5, 5.41) is 3.39. The van der Waals surface area contributed by atoms with Gasteiger partial charge >= 0.3 is 0 Å². The Balaban J connectivity index is 1.84. The molecule has 0 radical (unpaired) electrons. The van der Waals surface area contributed by atoms with Crippen LogP contribution in [-0.2, 0) is 0 Å². The van der Waals surface area contributed by atoms with E-state index in [1.807, 2.05) is 30.3 Å². The van der Waals surface area contributed by atoms with Crippen LogP contribution in [0.1, 0.15) is 36.5 Å². The summed E-state index contributed by atoms with van der Waals surface area (Å²) >= 11 is 0. The highest BCUT2D eigenvalue weighted by molar-refractivity contribution is 5.96. The van der Waals surface area contributed by atoms with Crippen molar-refractivity contribution >= 4 is 5.78 Å². The molecule has 0 bridgehead atoms. The highest BCUT2D eigenvalue weighted by Crippen LogP contribution is 2.13. The summed E-state index contributed by atoms with van der Waals surface area (Å²) in [6.45, 7) is 6.32. The van der Waals surface area contributed by atoms with E-state index in [4.69, 9.17) is 0 Å². The molecule has 3 nitrogen and oxygen atoms in total. The zero-order valence-electron chi connectivity index (χ0n) is 11.8. The van der Waals surface area contributed by atoms with Crippen molar-refractivity contribution < 1.29 is 4.79 Å². The van der Waals surface area contributed by atoms with E-state index in [0.29, 0.717) is 12.5 Å². The van der Waals surface area contributed by atoms with Crippen LogP contribution in [0, 0.1) is 0 Å². The van der Waals surface area contributed by atoms with Crippen LogP contribution in [0.2, 0.25) is 0 Å². The van der Waals surface area contributed by atoms with Gasteiger partial charge in [-0.15, -0.1) is 0 Å². The van der Waals surface area contributed by atoms with Crippen molar-refractivity contribution in [1.29, 1.82) is 0 Å². The molecule has 0 unspecified atom stereocenters. The molecule has 19 heavy (non-hydrogen) atoms. The summed E-state index contributed by atoms with van der Waals surface area (Å²) in [6.07, 6.45) is 3.03. The van der Waals surface area contributed by atoms with Gasteiger partial charge in [0.1, 0.15) is 0 Å². The lowest BCUT2D eigenvalue weighted by Crippen LogP contribution is -2.43. The first-order chi connectivity index (χ1) is 9.31. The van der Waals surface area contributed by atoms with Crippen molar-refractivity contribution in [3.05, 3.63) is 35.9 Å². The van der Waals surface area contributed by atoms with Gasteiger partial charge in [0, 0.05) is 24.6 Å². The molecular formula is C16H24N2O. The van der Waals surface area contributed by atoms with Gasteiger partial charge in [0.15, 0.2) is 5.78 Å². The number of rotatable bonds is 6. The first kappa shape index (κ1) is 14.2. The highest BCUT2D eigenvalue weighted by atomic mass is 16.1. The molecule has 1 saturated heterocycles. The van der Waals surface area contributed by atoms with Crippen LogP contribution in [0.3, 0.4) is 0 Å². The Morgan fingerprint density at radius 3 is 2.58 bits per heavy atom. The Kier molecular flexibility index (Phi) is 5.55. The minimum absolute atomic E-state index is 0.257. The fourth-order valence-electron chi connectivity index (χ4n) is 2.78. The molecule has 1 aromatic rings. The molecule has 1 heterocycles. The predicted octanol–water partition coefficient (Wildman–Crippen LogP) is 2.33. The molecule has 3 heteroatoms. The third-order valence-corrected chi connectivity index (χ3v) is 3.95. The maximum atomic E-state index is 12.1. The van der Waals surface area contributed by atoms with Gasteiger partial charge in [-0.05, 0) is 32.5 Å². The molecule has 1 aliphatic rings. The van der Waals surface area contributed by atoms with Crippen molar-refractivity contribution in [1.82, 2.24) is 10.2 Å². The molecule has 104 valence electrons. The van der Waals surface area contributed by atoms with Gasteiger partial charge in [-0.25, -0.2) is 0 Å². The minimum Gasteiger partial charge on any atom is -0.317 e. The van der Waals surface area contributed by atoms with Gasteiger partial charge in [0.05, 0.1) is 0 Å². The first-order valence-electron chi connectivity index (χ1n) is 7.34. The number of Topliss-reactive ketones (excluding diaryl/α,β-unsaturated/α-hetero) is 1. The second-order valence-electron chi connectivity index (χ2n) is 5.15. The van der Waals surface area contributed by atoms with Crippen molar-refractivity contribution in [2.45, 2.75) is 32.2 Å². The van der Waals surface area contributed by atoms with E-state index in [-0.39, 0.29) is 5.78 Å². The summed E-state index contributed by atoms with van der Waals surface area (Å²) in [5.74, 6) is 0.257. The SMILES string of the molecule is CCN(CCC(=O)c1ccccc1)C1CCNCC1. The number of piperidine rings is 1. The number of nitrogens with zero attached hydrogens (tertiary/aromatic N) is 1. The fourth-order valence-corrected chi connectivity index (χ4v) is 2.78. The van der Waals surface area contributed by atoms with Crippen molar-refractivity contribution in [3.8, 4) is 0 Å². The molecule has 1 N–H and O–H groups in total. The van der Waals surface area contributed by atoms with E-state index in [9.17, 15) is 4.79 Å². The van der Waals surface area contributed by atoms with Crippen LogP contribution >= 0.6 is 0 Å². The summed E-state index contributed by atoms with van der Waals surface area (Å²) in [7, 11) is 0. The van der Waals surface area contributed by atoms with E-state index in [2.05, 4.69) is 17.1 Å². The lowest BCUT2D eigenvalue weighted by atomic mass is 10.0. The molecule has 0 aliphatic carbocycles. The van der Waals surface area contributed by atoms with Crippen LogP contribution in [0.25, 0.3) is 0 Å². The van der Waals surface area contributed by atoms with Gasteiger partial charge in [-0.2, -0.15) is 0 Å². The summed E-state index contributed by atoms with van der Waals surface area (Å²) in [4.78, 5) is 14.6. The van der Waals surface area contributed by atoms with Gasteiger partial charge in [0.25, 0.3) is 0 Å². The van der Waals surface area contributed by atoms with E-state index in [1.165, 1.54) is 12.8 Å². The second kappa shape index (κ2) is 7.41. The zero-order chi connectivity index (χ0) is 13.5. The Labute approximate surface area is 116 Å². The number of carbonyl (C=O) groups is 1. The molecule has 0 saturated carbocycles. The summed E-state index contributed by atoms with van der Waals surface area (Å²) < 4.78 is 0. The predicted molar refractivity (Wildman–Crippen MR) is 78.5 cm³/mol. The zero-order valence-corrected chi connectivity index (χ0v) is 11.8. The van der Waals surface area contributed by atoms with Crippen LogP contribution in [0.15, 0.2) is 30.3 Å². The normalized spacial score (nSPS) is 16.7. The standard InChI is InChI=1S/C16H24N2O/c1-2-18(15-8-11-17-12-9-15)13-10-16(19)14-6-4-3-5-7-14/h3-7,15,17H,2,8-13H2,1H3. The summed E-state index contributed by atoms with van der Waals surface area (Å²) in [5.41, 5.74) is 0.837. The summed E-state index contributed by atoms with van der Waals surface area (Å²) in [6, 6.07) is 10.3. The third-order valence-electron chi connectivity index (χ3n) is 3.95. The van der Waals surface area contributed by atoms with Crippen molar-refractivity contribution in [2.24, 2.45) is 0 Å². The van der Waals surface area contributed by atoms with Crippen LogP contribution in [0.5, 0.6) is 0 Å². The van der Waals surface area contributed by atoms with Gasteiger partial charge in [-0.3, -0.25) is 4.79 Å². The molecule has 0 spiro atoms. The van der Waals surface area contributed by atoms with Gasteiger partial charge < -0.3 is 10.2 Å². The molecule has 1 fully saturated rings. The Hall–Kier alpha value is -1.19. The smallest absolute Gasteiger partial charge is 0.164 e. The molecule has 2 rings (SSSR count). The lowest BCUT2D eigenvalue weighted by Gasteiger charge is -2.33. The fraction of sp³-hybridized carbons (Fsp3) is 0.562. The monoisotopic (exact) mass is 260 g/mol. The maximum Gasteiger partial charge on any atom is 0.164 e. The molecule has 0 atom stereocenters. The molecule has 0 amide bonds. The van der Waals surface area contributed by atoms with Crippen molar-refractivity contribution in [2.75, 3.05) is 26.2 Å². The number of ketones is 1. The largest absolute Gasteiger partial charge is 0.317 e.